The van der Waals surface area contributed by atoms with Crippen molar-refractivity contribution < 1.29 is 21.4 Å². The number of nitrogens with two attached hydrogens (primary N) is 1. The molecule has 0 spiro atoms. The highest BCUT2D eigenvalue weighted by Crippen LogP contribution is 2.18. The SMILES string of the molecule is Cc1noc(C)c1S(=O)(=O)NCCS(N)(=O)=O. The maximum absolute atomic E-state index is 11.8. The number of hydrogen-bond donors (Lipinski definition) is 2. The van der Waals surface area contributed by atoms with E-state index in [0.717, 1.165) is 0 Å². The summed E-state index contributed by atoms with van der Waals surface area (Å²) >= 11 is 0. The van der Waals surface area contributed by atoms with E-state index < -0.39 is 25.8 Å². The summed E-state index contributed by atoms with van der Waals surface area (Å²) in [4.78, 5) is -0.0769. The lowest BCUT2D eigenvalue weighted by Gasteiger charge is -2.04. The summed E-state index contributed by atoms with van der Waals surface area (Å²) in [6.07, 6.45) is 0. The van der Waals surface area contributed by atoms with Crippen molar-refractivity contribution in [2.75, 3.05) is 12.3 Å². The van der Waals surface area contributed by atoms with Gasteiger partial charge in [0.2, 0.25) is 20.0 Å². The van der Waals surface area contributed by atoms with Crippen LogP contribution in [0.2, 0.25) is 0 Å². The average molecular weight is 283 g/mol. The zero-order valence-electron chi connectivity index (χ0n) is 9.30. The molecule has 0 aliphatic heterocycles. The Morgan fingerprint density at radius 3 is 2.29 bits per heavy atom. The molecule has 1 heterocycles. The van der Waals surface area contributed by atoms with Gasteiger partial charge in [0.15, 0.2) is 5.76 Å². The van der Waals surface area contributed by atoms with E-state index in [2.05, 4.69) is 9.88 Å². The van der Waals surface area contributed by atoms with Gasteiger partial charge in [0.25, 0.3) is 0 Å². The van der Waals surface area contributed by atoms with Crippen LogP contribution < -0.4 is 9.86 Å². The van der Waals surface area contributed by atoms with E-state index >= 15 is 0 Å². The molecule has 0 aliphatic carbocycles. The van der Waals surface area contributed by atoms with Gasteiger partial charge in [-0.15, -0.1) is 0 Å². The van der Waals surface area contributed by atoms with Crippen LogP contribution in [0.4, 0.5) is 0 Å². The van der Waals surface area contributed by atoms with Crippen LogP contribution in [0, 0.1) is 13.8 Å². The van der Waals surface area contributed by atoms with Gasteiger partial charge in [-0.1, -0.05) is 5.16 Å². The van der Waals surface area contributed by atoms with Crippen molar-refractivity contribution in [1.29, 1.82) is 0 Å². The first-order valence-corrected chi connectivity index (χ1v) is 7.76. The zero-order chi connectivity index (χ0) is 13.3. The fraction of sp³-hybridized carbons (Fsp3) is 0.571. The maximum atomic E-state index is 11.8. The summed E-state index contributed by atoms with van der Waals surface area (Å²) in [5, 5.41) is 8.25. The highest BCUT2D eigenvalue weighted by Gasteiger charge is 2.23. The summed E-state index contributed by atoms with van der Waals surface area (Å²) in [5.74, 6) is -0.333. The Balaban J connectivity index is 2.84. The zero-order valence-corrected chi connectivity index (χ0v) is 10.9. The number of nitrogens with zero attached hydrogens (tertiary/aromatic N) is 1. The number of aryl methyl sites for hydroxylation is 2. The van der Waals surface area contributed by atoms with E-state index in [1.54, 1.807) is 0 Å². The van der Waals surface area contributed by atoms with Gasteiger partial charge in [-0.2, -0.15) is 0 Å². The van der Waals surface area contributed by atoms with Crippen LogP contribution >= 0.6 is 0 Å². The standard InChI is InChI=1S/C7H13N3O5S2/c1-5-7(6(2)15-10-5)17(13,14)9-3-4-16(8,11)12/h9H,3-4H2,1-2H3,(H2,8,11,12). The van der Waals surface area contributed by atoms with Gasteiger partial charge < -0.3 is 4.52 Å². The van der Waals surface area contributed by atoms with Crippen molar-refractivity contribution in [2.45, 2.75) is 18.7 Å². The minimum absolute atomic E-state index is 0.0769. The van der Waals surface area contributed by atoms with Gasteiger partial charge in [0.05, 0.1) is 5.75 Å². The summed E-state index contributed by atoms with van der Waals surface area (Å²) < 4.78 is 51.7. The molecule has 8 nitrogen and oxygen atoms in total. The lowest BCUT2D eigenvalue weighted by Crippen LogP contribution is -2.32. The predicted octanol–water partition coefficient (Wildman–Crippen LogP) is -1.14. The smallest absolute Gasteiger partial charge is 0.245 e. The molecule has 98 valence electrons. The first-order valence-electron chi connectivity index (χ1n) is 4.56. The summed E-state index contributed by atoms with van der Waals surface area (Å²) in [7, 11) is -7.53. The molecule has 0 bridgehead atoms. The Labute approximate surface area is 99.3 Å². The van der Waals surface area contributed by atoms with Gasteiger partial charge in [-0.3, -0.25) is 0 Å². The van der Waals surface area contributed by atoms with Crippen molar-refractivity contribution in [1.82, 2.24) is 9.88 Å². The third-order valence-corrected chi connectivity index (χ3v) is 4.39. The third-order valence-electron chi connectivity index (χ3n) is 1.92. The summed E-state index contributed by atoms with van der Waals surface area (Å²) in [5.41, 5.74) is 0.214. The quantitative estimate of drug-likeness (QED) is 0.701. The molecule has 1 aromatic rings. The Morgan fingerprint density at radius 1 is 1.29 bits per heavy atom. The van der Waals surface area contributed by atoms with Gasteiger partial charge >= 0.3 is 0 Å². The largest absolute Gasteiger partial charge is 0.360 e. The average Bonchev–Trinajstić information content (AvgIpc) is 2.43. The van der Waals surface area contributed by atoms with E-state index in [9.17, 15) is 16.8 Å². The molecule has 0 unspecified atom stereocenters. The molecule has 0 amide bonds. The first kappa shape index (κ1) is 14.1. The lowest BCUT2D eigenvalue weighted by molar-refractivity contribution is 0.390. The lowest BCUT2D eigenvalue weighted by atomic mass is 10.4. The molecule has 1 aromatic heterocycles. The van der Waals surface area contributed by atoms with Gasteiger partial charge in [0, 0.05) is 6.54 Å². The number of primary sulfonamides is 1. The highest BCUT2D eigenvalue weighted by atomic mass is 32.2. The molecular formula is C7H13N3O5S2. The van der Waals surface area contributed by atoms with Gasteiger partial charge in [0.1, 0.15) is 10.6 Å². The number of sulfonamides is 2. The molecule has 1 rings (SSSR count). The van der Waals surface area contributed by atoms with E-state index in [1.165, 1.54) is 13.8 Å². The molecule has 3 N–H and O–H groups in total. The second-order valence-corrected chi connectivity index (χ2v) is 6.86. The fourth-order valence-corrected chi connectivity index (χ4v) is 3.12. The fourth-order valence-electron chi connectivity index (χ4n) is 1.25. The van der Waals surface area contributed by atoms with E-state index in [4.69, 9.17) is 9.66 Å². The Bertz CT molecular complexity index is 582. The molecule has 0 aromatic carbocycles. The third kappa shape index (κ3) is 3.77. The van der Waals surface area contributed by atoms with Crippen molar-refractivity contribution in [3.8, 4) is 0 Å². The molecule has 0 saturated heterocycles. The summed E-state index contributed by atoms with van der Waals surface area (Å²) in [6.45, 7) is 2.63. The summed E-state index contributed by atoms with van der Waals surface area (Å²) in [6, 6.07) is 0. The van der Waals surface area contributed by atoms with Crippen molar-refractivity contribution in [3.63, 3.8) is 0 Å². The monoisotopic (exact) mass is 283 g/mol. The van der Waals surface area contributed by atoms with Crippen LogP contribution in [0.5, 0.6) is 0 Å². The Kier molecular flexibility index (Phi) is 3.91. The van der Waals surface area contributed by atoms with E-state index in [-0.39, 0.29) is 22.9 Å². The molecule has 0 radical (unpaired) electrons. The highest BCUT2D eigenvalue weighted by molar-refractivity contribution is 7.90. The predicted molar refractivity (Wildman–Crippen MR) is 59.1 cm³/mol. The van der Waals surface area contributed by atoms with Crippen molar-refractivity contribution in [3.05, 3.63) is 11.5 Å². The number of nitrogens with one attached hydrogen (secondary N) is 1. The second-order valence-electron chi connectivity index (χ2n) is 3.42. The topological polar surface area (TPSA) is 132 Å². The number of hydrogen-bond acceptors (Lipinski definition) is 6. The maximum Gasteiger partial charge on any atom is 0.245 e. The van der Waals surface area contributed by atoms with Gasteiger partial charge in [-0.05, 0) is 13.8 Å². The number of rotatable bonds is 5. The molecule has 17 heavy (non-hydrogen) atoms. The van der Waals surface area contributed by atoms with Crippen LogP contribution in [0.1, 0.15) is 11.5 Å². The molecule has 0 aliphatic rings. The van der Waals surface area contributed by atoms with Crippen molar-refractivity contribution >= 4 is 20.0 Å². The minimum Gasteiger partial charge on any atom is -0.360 e. The molecular weight excluding hydrogens is 270 g/mol. The molecule has 0 fully saturated rings. The van der Waals surface area contributed by atoms with Gasteiger partial charge in [-0.25, -0.2) is 26.7 Å². The van der Waals surface area contributed by atoms with Crippen LogP contribution in [-0.4, -0.2) is 34.3 Å². The van der Waals surface area contributed by atoms with E-state index in [1.807, 2.05) is 0 Å². The molecule has 0 saturated carbocycles. The van der Waals surface area contributed by atoms with Crippen molar-refractivity contribution in [2.24, 2.45) is 5.14 Å². The Morgan fingerprint density at radius 2 is 1.88 bits per heavy atom. The van der Waals surface area contributed by atoms with Crippen LogP contribution in [0.15, 0.2) is 9.42 Å². The number of aromatic nitrogens is 1. The molecule has 10 heteroatoms. The Hall–Kier alpha value is -0.970. The normalized spacial score (nSPS) is 12.9. The molecule has 0 atom stereocenters. The second kappa shape index (κ2) is 4.72. The first-order chi connectivity index (χ1) is 7.63. The van der Waals surface area contributed by atoms with Crippen LogP contribution in [0.3, 0.4) is 0 Å². The van der Waals surface area contributed by atoms with E-state index in [0.29, 0.717) is 0 Å². The minimum atomic E-state index is -3.83. The van der Waals surface area contributed by atoms with Crippen LogP contribution in [0.25, 0.3) is 0 Å². The van der Waals surface area contributed by atoms with Crippen LogP contribution in [-0.2, 0) is 20.0 Å².